The van der Waals surface area contributed by atoms with Crippen molar-refractivity contribution in [1.82, 2.24) is 5.32 Å². The number of alkyl halides is 3. The van der Waals surface area contributed by atoms with Gasteiger partial charge >= 0.3 is 0 Å². The number of carbonyl (C=O) groups is 1. The lowest BCUT2D eigenvalue weighted by atomic mass is 10.2. The first-order valence-electron chi connectivity index (χ1n) is 5.11. The summed E-state index contributed by atoms with van der Waals surface area (Å²) in [5, 5.41) is 2.60. The third-order valence-corrected chi connectivity index (χ3v) is 3.10. The van der Waals surface area contributed by atoms with Gasteiger partial charge in [0.05, 0.1) is 6.04 Å². The molecule has 0 spiro atoms. The average Bonchev–Trinajstić information content (AvgIpc) is 2.61. The van der Waals surface area contributed by atoms with E-state index >= 15 is 0 Å². The van der Waals surface area contributed by atoms with Gasteiger partial charge in [-0.25, -0.2) is 0 Å². The smallest absolute Gasteiger partial charge is 0.272 e. The molecule has 2 rings (SSSR count). The monoisotopic (exact) mass is 299 g/mol. The van der Waals surface area contributed by atoms with Crippen LogP contribution in [0.15, 0.2) is 12.2 Å². The molecule has 0 unspecified atom stereocenters. The van der Waals surface area contributed by atoms with Crippen LogP contribution in [-0.2, 0) is 14.3 Å². The number of carbonyl (C=O) groups excluding carboxylic acids is 1. The highest BCUT2D eigenvalue weighted by molar-refractivity contribution is 6.76. The largest absolute Gasteiger partial charge is 0.343 e. The van der Waals surface area contributed by atoms with E-state index in [4.69, 9.17) is 44.3 Å². The van der Waals surface area contributed by atoms with Gasteiger partial charge in [0.25, 0.3) is 9.70 Å². The zero-order valence-corrected chi connectivity index (χ0v) is 11.5. The van der Waals surface area contributed by atoms with Crippen LogP contribution in [0.25, 0.3) is 0 Å². The predicted octanol–water partition coefficient (Wildman–Crippen LogP) is 1.93. The molecule has 0 saturated carbocycles. The van der Waals surface area contributed by atoms with E-state index in [1.807, 2.05) is 19.9 Å². The van der Waals surface area contributed by atoms with E-state index < -0.39 is 15.5 Å². The van der Waals surface area contributed by atoms with Crippen molar-refractivity contribution in [2.24, 2.45) is 0 Å². The molecule has 2 aliphatic rings. The molecule has 1 saturated heterocycles. The first-order chi connectivity index (χ1) is 7.69. The molecule has 1 fully saturated rings. The Bertz CT molecular complexity index is 364. The van der Waals surface area contributed by atoms with E-state index in [1.54, 1.807) is 6.08 Å². The van der Waals surface area contributed by atoms with Crippen LogP contribution in [0, 0.1) is 0 Å². The van der Waals surface area contributed by atoms with Crippen molar-refractivity contribution in [3.63, 3.8) is 0 Å². The number of amides is 1. The maximum atomic E-state index is 11.5. The van der Waals surface area contributed by atoms with Gasteiger partial charge < -0.3 is 14.8 Å². The summed E-state index contributed by atoms with van der Waals surface area (Å²) >= 11 is 16.5. The van der Waals surface area contributed by atoms with E-state index in [0.717, 1.165) is 0 Å². The van der Waals surface area contributed by atoms with Crippen LogP contribution in [0.1, 0.15) is 13.8 Å². The Morgan fingerprint density at radius 3 is 2.53 bits per heavy atom. The molecule has 1 aliphatic heterocycles. The van der Waals surface area contributed by atoms with Crippen LogP contribution in [0.3, 0.4) is 0 Å². The first kappa shape index (κ1) is 13.4. The first-order valence-corrected chi connectivity index (χ1v) is 6.24. The molecule has 0 aromatic heterocycles. The minimum atomic E-state index is -1.97. The standard InChI is InChI=1S/C10H12Cl3NO3/c1-9(2)16-6-4-3-5(7(6)17-9)14-8(15)10(11,12)13/h3-7H,1-2H3,(H,14,15)/t5-,6-,7+/m0/s1. The second kappa shape index (κ2) is 4.28. The molecule has 96 valence electrons. The van der Waals surface area contributed by atoms with Crippen LogP contribution < -0.4 is 5.32 Å². The van der Waals surface area contributed by atoms with Crippen molar-refractivity contribution in [3.05, 3.63) is 12.2 Å². The number of nitrogens with one attached hydrogen (secondary N) is 1. The second-order valence-corrected chi connectivity index (χ2v) is 6.73. The zero-order chi connectivity index (χ0) is 12.8. The molecule has 1 heterocycles. The zero-order valence-electron chi connectivity index (χ0n) is 9.25. The van der Waals surface area contributed by atoms with Gasteiger partial charge in [0.1, 0.15) is 12.2 Å². The summed E-state index contributed by atoms with van der Waals surface area (Å²) in [5.41, 5.74) is 0. The van der Waals surface area contributed by atoms with Gasteiger partial charge in [0, 0.05) is 0 Å². The summed E-state index contributed by atoms with van der Waals surface area (Å²) in [7, 11) is 0. The highest BCUT2D eigenvalue weighted by Gasteiger charge is 2.47. The van der Waals surface area contributed by atoms with Crippen molar-refractivity contribution in [3.8, 4) is 0 Å². The van der Waals surface area contributed by atoms with E-state index in [9.17, 15) is 4.79 Å². The Kier molecular flexibility index (Phi) is 3.38. The lowest BCUT2D eigenvalue weighted by Gasteiger charge is -2.22. The molecular formula is C10H12Cl3NO3. The van der Waals surface area contributed by atoms with E-state index in [-0.39, 0.29) is 18.2 Å². The average molecular weight is 301 g/mol. The number of hydrogen-bond donors (Lipinski definition) is 1. The Hall–Kier alpha value is -0.000000000000000132. The molecule has 0 aromatic rings. The predicted molar refractivity (Wildman–Crippen MR) is 65.2 cm³/mol. The summed E-state index contributed by atoms with van der Waals surface area (Å²) in [6.45, 7) is 3.62. The van der Waals surface area contributed by atoms with Gasteiger partial charge in [0.15, 0.2) is 5.79 Å². The van der Waals surface area contributed by atoms with E-state index in [0.29, 0.717) is 0 Å². The molecule has 1 aliphatic carbocycles. The van der Waals surface area contributed by atoms with Gasteiger partial charge in [-0.05, 0) is 13.8 Å². The summed E-state index contributed by atoms with van der Waals surface area (Å²) in [5.74, 6) is -1.34. The number of hydrogen-bond acceptors (Lipinski definition) is 3. The third-order valence-electron chi connectivity index (χ3n) is 2.58. The second-order valence-electron chi connectivity index (χ2n) is 4.45. The molecule has 1 N–H and O–H groups in total. The van der Waals surface area contributed by atoms with Gasteiger partial charge in [-0.1, -0.05) is 47.0 Å². The molecule has 7 heteroatoms. The Labute approximate surface area is 114 Å². The molecular weight excluding hydrogens is 288 g/mol. The van der Waals surface area contributed by atoms with E-state index in [2.05, 4.69) is 5.32 Å². The number of halogens is 3. The maximum Gasteiger partial charge on any atom is 0.272 e. The minimum Gasteiger partial charge on any atom is -0.343 e. The Morgan fingerprint density at radius 2 is 1.94 bits per heavy atom. The van der Waals surface area contributed by atoms with Gasteiger partial charge in [-0.2, -0.15) is 0 Å². The molecule has 3 atom stereocenters. The van der Waals surface area contributed by atoms with Gasteiger partial charge in [0.2, 0.25) is 0 Å². The molecule has 0 radical (unpaired) electrons. The Morgan fingerprint density at radius 1 is 1.29 bits per heavy atom. The topological polar surface area (TPSA) is 47.6 Å². The maximum absolute atomic E-state index is 11.5. The summed E-state index contributed by atoms with van der Waals surface area (Å²) in [6.07, 6.45) is 3.16. The van der Waals surface area contributed by atoms with Crippen LogP contribution in [0.2, 0.25) is 0 Å². The minimum absolute atomic E-state index is 0.175. The van der Waals surface area contributed by atoms with Crippen LogP contribution in [0.4, 0.5) is 0 Å². The molecule has 0 bridgehead atoms. The molecule has 4 nitrogen and oxygen atoms in total. The lowest BCUT2D eigenvalue weighted by molar-refractivity contribution is -0.147. The summed E-state index contributed by atoms with van der Waals surface area (Å²) in [4.78, 5) is 11.5. The van der Waals surface area contributed by atoms with E-state index in [1.165, 1.54) is 0 Å². The third kappa shape index (κ3) is 2.88. The van der Waals surface area contributed by atoms with Crippen molar-refractivity contribution < 1.29 is 14.3 Å². The highest BCUT2D eigenvalue weighted by Crippen LogP contribution is 2.35. The Balaban J connectivity index is 2.01. The number of rotatable bonds is 1. The van der Waals surface area contributed by atoms with Crippen molar-refractivity contribution >= 4 is 40.7 Å². The summed E-state index contributed by atoms with van der Waals surface area (Å²) < 4.78 is 9.31. The lowest BCUT2D eigenvalue weighted by Crippen LogP contribution is -2.47. The summed E-state index contributed by atoms with van der Waals surface area (Å²) in [6, 6.07) is -0.343. The number of ether oxygens (including phenoxy) is 2. The fourth-order valence-electron chi connectivity index (χ4n) is 1.95. The normalized spacial score (nSPS) is 34.8. The fourth-order valence-corrected chi connectivity index (χ4v) is 2.11. The van der Waals surface area contributed by atoms with Crippen molar-refractivity contribution in [2.75, 3.05) is 0 Å². The van der Waals surface area contributed by atoms with Crippen LogP contribution in [0.5, 0.6) is 0 Å². The van der Waals surface area contributed by atoms with Crippen molar-refractivity contribution in [2.45, 2.75) is 41.7 Å². The molecule has 0 aromatic carbocycles. The van der Waals surface area contributed by atoms with Gasteiger partial charge in [-0.15, -0.1) is 0 Å². The quantitative estimate of drug-likeness (QED) is 0.594. The highest BCUT2D eigenvalue weighted by atomic mass is 35.6. The molecule has 17 heavy (non-hydrogen) atoms. The fraction of sp³-hybridized carbons (Fsp3) is 0.700. The van der Waals surface area contributed by atoms with Crippen LogP contribution in [-0.4, -0.2) is 33.7 Å². The van der Waals surface area contributed by atoms with Crippen LogP contribution >= 0.6 is 34.8 Å². The molecule has 1 amide bonds. The SMILES string of the molecule is CC1(C)O[C@@H]2[C@@H](NC(=O)C(Cl)(Cl)Cl)C=C[C@@H]2O1. The number of fused-ring (bicyclic) bond motifs is 1. The van der Waals surface area contributed by atoms with Crippen molar-refractivity contribution in [1.29, 1.82) is 0 Å². The van der Waals surface area contributed by atoms with Gasteiger partial charge in [-0.3, -0.25) is 4.79 Å².